The maximum Gasteiger partial charge on any atom is 0.341 e. The Kier molecular flexibility index (Phi) is 6.25. The van der Waals surface area contributed by atoms with E-state index in [9.17, 15) is 9.59 Å². The molecule has 27 heavy (non-hydrogen) atoms. The van der Waals surface area contributed by atoms with Crippen molar-refractivity contribution < 1.29 is 24.2 Å². The third-order valence-electron chi connectivity index (χ3n) is 4.29. The fraction of sp³-hybridized carbons (Fsp3) is 0.350. The first kappa shape index (κ1) is 18.7. The van der Waals surface area contributed by atoms with Crippen molar-refractivity contribution in [2.75, 3.05) is 11.9 Å². The highest BCUT2D eigenvalue weighted by Crippen LogP contribution is 2.23. The molecule has 0 aliphatic heterocycles. The molecule has 1 aromatic carbocycles. The van der Waals surface area contributed by atoms with E-state index >= 15 is 0 Å². The largest absolute Gasteiger partial charge is 0.482 e. The second-order valence-corrected chi connectivity index (χ2v) is 6.42. The molecule has 2 aromatic rings. The van der Waals surface area contributed by atoms with Crippen LogP contribution >= 0.6 is 0 Å². The summed E-state index contributed by atoms with van der Waals surface area (Å²) in [5, 5.41) is 11.4. The van der Waals surface area contributed by atoms with Crippen molar-refractivity contribution in [2.45, 2.75) is 38.2 Å². The van der Waals surface area contributed by atoms with Crippen LogP contribution in [0.3, 0.4) is 0 Å². The summed E-state index contributed by atoms with van der Waals surface area (Å²) in [6.45, 7) is -0.441. The molecular formula is C20H22N2O5. The van der Waals surface area contributed by atoms with Gasteiger partial charge in [0, 0.05) is 29.6 Å². The summed E-state index contributed by atoms with van der Waals surface area (Å²) in [5.74, 6) is -0.549. The predicted octanol–water partition coefficient (Wildman–Crippen LogP) is 3.51. The number of anilines is 1. The smallest absolute Gasteiger partial charge is 0.341 e. The zero-order valence-electron chi connectivity index (χ0n) is 14.9. The molecular weight excluding hydrogens is 348 g/mol. The molecule has 1 heterocycles. The number of pyridine rings is 1. The lowest BCUT2D eigenvalue weighted by Crippen LogP contribution is -2.20. The fourth-order valence-electron chi connectivity index (χ4n) is 2.98. The number of benzene rings is 1. The summed E-state index contributed by atoms with van der Waals surface area (Å²) in [5.41, 5.74) is 0.946. The van der Waals surface area contributed by atoms with Crippen molar-refractivity contribution in [2.24, 2.45) is 0 Å². The monoisotopic (exact) mass is 370 g/mol. The number of nitrogens with zero attached hydrogens (tertiary/aromatic N) is 1. The first-order chi connectivity index (χ1) is 13.1. The van der Waals surface area contributed by atoms with Gasteiger partial charge in [-0.05, 0) is 43.9 Å². The summed E-state index contributed by atoms with van der Waals surface area (Å²) in [6, 6.07) is 9.83. The standard InChI is InChI=1S/C20H22N2O5/c23-19(24)13-26-17-8-4-5-15(12-17)22-20(25)14-9-10-21-18(11-14)27-16-6-2-1-3-7-16/h4-5,8-12,16H,1-3,6-7,13H2,(H,22,25)(H,23,24). The quantitative estimate of drug-likeness (QED) is 0.774. The van der Waals surface area contributed by atoms with Crippen molar-refractivity contribution in [3.05, 3.63) is 48.2 Å². The Morgan fingerprint density at radius 2 is 1.96 bits per heavy atom. The second kappa shape index (κ2) is 9.02. The number of carboxylic acid groups (broad SMARTS) is 1. The Hall–Kier alpha value is -3.09. The number of carboxylic acids is 1. The molecule has 1 fully saturated rings. The van der Waals surface area contributed by atoms with Crippen LogP contribution in [0.2, 0.25) is 0 Å². The Morgan fingerprint density at radius 3 is 2.74 bits per heavy atom. The van der Waals surface area contributed by atoms with E-state index in [4.69, 9.17) is 14.6 Å². The number of amides is 1. The van der Waals surface area contributed by atoms with Gasteiger partial charge in [0.2, 0.25) is 5.88 Å². The van der Waals surface area contributed by atoms with Gasteiger partial charge in [-0.15, -0.1) is 0 Å². The third-order valence-corrected chi connectivity index (χ3v) is 4.29. The molecule has 0 bridgehead atoms. The number of carbonyl (C=O) groups excluding carboxylic acids is 1. The maximum absolute atomic E-state index is 12.5. The third kappa shape index (κ3) is 5.70. The summed E-state index contributed by atoms with van der Waals surface area (Å²) in [6.07, 6.45) is 7.30. The van der Waals surface area contributed by atoms with Gasteiger partial charge < -0.3 is 19.9 Å². The molecule has 3 rings (SSSR count). The van der Waals surface area contributed by atoms with Gasteiger partial charge in [-0.3, -0.25) is 4.79 Å². The molecule has 0 atom stereocenters. The zero-order valence-corrected chi connectivity index (χ0v) is 14.9. The van der Waals surface area contributed by atoms with Gasteiger partial charge in [-0.1, -0.05) is 12.5 Å². The van der Waals surface area contributed by atoms with Crippen LogP contribution in [-0.2, 0) is 4.79 Å². The summed E-state index contributed by atoms with van der Waals surface area (Å²) in [7, 11) is 0. The number of nitrogens with one attached hydrogen (secondary N) is 1. The van der Waals surface area contributed by atoms with Crippen LogP contribution in [-0.4, -0.2) is 34.7 Å². The van der Waals surface area contributed by atoms with Crippen LogP contribution in [0.5, 0.6) is 11.6 Å². The summed E-state index contributed by atoms with van der Waals surface area (Å²) in [4.78, 5) is 27.3. The molecule has 7 heteroatoms. The lowest BCUT2D eigenvalue weighted by molar-refractivity contribution is -0.139. The fourth-order valence-corrected chi connectivity index (χ4v) is 2.98. The Labute approximate surface area is 157 Å². The minimum Gasteiger partial charge on any atom is -0.482 e. The van der Waals surface area contributed by atoms with Crippen LogP contribution in [0.4, 0.5) is 5.69 Å². The van der Waals surface area contributed by atoms with Gasteiger partial charge in [-0.2, -0.15) is 0 Å². The van der Waals surface area contributed by atoms with Crippen molar-refractivity contribution in [3.63, 3.8) is 0 Å². The molecule has 0 radical (unpaired) electrons. The molecule has 1 amide bonds. The van der Waals surface area contributed by atoms with Gasteiger partial charge in [-0.25, -0.2) is 9.78 Å². The Balaban J connectivity index is 1.63. The zero-order chi connectivity index (χ0) is 19.1. The molecule has 1 aliphatic carbocycles. The molecule has 0 saturated heterocycles. The van der Waals surface area contributed by atoms with Crippen molar-refractivity contribution in [1.29, 1.82) is 0 Å². The molecule has 0 spiro atoms. The first-order valence-electron chi connectivity index (χ1n) is 8.99. The van der Waals surface area contributed by atoms with Gasteiger partial charge in [0.15, 0.2) is 6.61 Å². The molecule has 7 nitrogen and oxygen atoms in total. The Morgan fingerprint density at radius 1 is 1.15 bits per heavy atom. The highest BCUT2D eigenvalue weighted by molar-refractivity contribution is 6.04. The van der Waals surface area contributed by atoms with Gasteiger partial charge in [0.25, 0.3) is 5.91 Å². The van der Waals surface area contributed by atoms with Gasteiger partial charge in [0.1, 0.15) is 11.9 Å². The SMILES string of the molecule is O=C(O)COc1cccc(NC(=O)c2ccnc(OC3CCCCC3)c2)c1. The van der Waals surface area contributed by atoms with E-state index in [2.05, 4.69) is 10.3 Å². The number of ether oxygens (including phenoxy) is 2. The van der Waals surface area contributed by atoms with Crippen LogP contribution in [0.15, 0.2) is 42.6 Å². The summed E-state index contributed by atoms with van der Waals surface area (Å²) < 4.78 is 11.0. The van der Waals surface area contributed by atoms with Gasteiger partial charge in [0.05, 0.1) is 0 Å². The van der Waals surface area contributed by atoms with E-state index in [-0.39, 0.29) is 12.0 Å². The maximum atomic E-state index is 12.5. The summed E-state index contributed by atoms with van der Waals surface area (Å²) >= 11 is 0. The van der Waals surface area contributed by atoms with Gasteiger partial charge >= 0.3 is 5.97 Å². The lowest BCUT2D eigenvalue weighted by Gasteiger charge is -2.22. The van der Waals surface area contributed by atoms with Crippen LogP contribution in [0, 0.1) is 0 Å². The number of rotatable bonds is 7. The van der Waals surface area contributed by atoms with E-state index in [1.54, 1.807) is 42.6 Å². The Bertz CT molecular complexity index is 802. The second-order valence-electron chi connectivity index (χ2n) is 6.42. The molecule has 0 unspecified atom stereocenters. The van der Waals surface area contributed by atoms with Crippen molar-refractivity contribution in [1.82, 2.24) is 4.98 Å². The predicted molar refractivity (Wildman–Crippen MR) is 99.3 cm³/mol. The average molecular weight is 370 g/mol. The van der Waals surface area contributed by atoms with Crippen molar-refractivity contribution >= 4 is 17.6 Å². The number of hydrogen-bond donors (Lipinski definition) is 2. The lowest BCUT2D eigenvalue weighted by atomic mass is 9.98. The minimum atomic E-state index is -1.06. The minimum absolute atomic E-state index is 0.160. The van der Waals surface area contributed by atoms with Crippen LogP contribution in [0.1, 0.15) is 42.5 Å². The van der Waals surface area contributed by atoms with E-state index in [1.165, 1.54) is 6.42 Å². The normalized spacial score (nSPS) is 14.4. The number of aromatic nitrogens is 1. The number of carbonyl (C=O) groups is 2. The van der Waals surface area contributed by atoms with E-state index in [0.717, 1.165) is 25.7 Å². The highest BCUT2D eigenvalue weighted by Gasteiger charge is 2.16. The first-order valence-corrected chi connectivity index (χ1v) is 8.99. The van der Waals surface area contributed by atoms with Crippen LogP contribution < -0.4 is 14.8 Å². The van der Waals surface area contributed by atoms with Crippen molar-refractivity contribution in [3.8, 4) is 11.6 Å². The molecule has 142 valence electrons. The number of hydrogen-bond acceptors (Lipinski definition) is 5. The topological polar surface area (TPSA) is 97.8 Å². The van der Waals surface area contributed by atoms with Crippen LogP contribution in [0.25, 0.3) is 0 Å². The molecule has 2 N–H and O–H groups in total. The average Bonchev–Trinajstić information content (AvgIpc) is 2.68. The van der Waals surface area contributed by atoms with E-state index in [1.807, 2.05) is 0 Å². The van der Waals surface area contributed by atoms with E-state index in [0.29, 0.717) is 22.9 Å². The molecule has 1 aliphatic rings. The van der Waals surface area contributed by atoms with E-state index < -0.39 is 12.6 Å². The molecule has 1 saturated carbocycles. The highest BCUT2D eigenvalue weighted by atomic mass is 16.5. The molecule has 1 aromatic heterocycles. The number of aliphatic carboxylic acids is 1.